The molecule has 20 rings (SSSR count). The largest absolute Gasteiger partial charge is 0.493 e. The SMILES string of the molecule is C=C1CCC2[C@]3(C)CO[C@@H](C4CCCC4)O[C@@H]3CC[C@@]2(C)[C@@H]1CCOc1ccn(C)c(=O)c1.C=C1CCC2[C@]3(C)CO[C@@H](C4CCCC4)O[C@@H]3CC[C@@]2(C)[C@@H]1CCOc1ccncc1.C=C1CCC2[C@]3(C)CO[C@@H](C4CCCC4)O[C@@H]3CC[C@@]2(C)[C@@H]1CCOc1ccncc1F.C=C1CCC2[C@]3(C)CO[C@@H](C4CCCC4)O[C@@H]3CC[C@@]2(C)[C@@H]1CCOc1ccncc1N. The van der Waals surface area contributed by atoms with Gasteiger partial charge in [-0.3, -0.25) is 19.7 Å². The van der Waals surface area contributed by atoms with Crippen LogP contribution < -0.4 is 30.2 Å². The van der Waals surface area contributed by atoms with Gasteiger partial charge in [-0.2, -0.15) is 0 Å². The van der Waals surface area contributed by atoms with Crippen LogP contribution in [-0.4, -0.2) is 122 Å². The van der Waals surface area contributed by atoms with Crippen LogP contribution in [0.2, 0.25) is 0 Å². The fourth-order valence-corrected chi connectivity index (χ4v) is 30.7. The molecule has 0 amide bonds. The summed E-state index contributed by atoms with van der Waals surface area (Å²) in [6, 6.07) is 10.8. The summed E-state index contributed by atoms with van der Waals surface area (Å²) in [7, 11) is 1.75. The minimum Gasteiger partial charge on any atom is -0.493 e. The number of pyridine rings is 4. The van der Waals surface area contributed by atoms with Gasteiger partial charge in [-0.15, -0.1) is 0 Å². The van der Waals surface area contributed by atoms with Crippen molar-refractivity contribution in [1.29, 1.82) is 0 Å². The molecule has 0 bridgehead atoms. The first kappa shape index (κ1) is 93.8. The molecule has 12 aliphatic carbocycles. The second kappa shape index (κ2) is 39.5. The van der Waals surface area contributed by atoms with E-state index in [2.05, 4.69) is 96.7 Å². The molecule has 16 fully saturated rings. The van der Waals surface area contributed by atoms with Gasteiger partial charge in [0.05, 0.1) is 95.4 Å². The molecule has 0 aromatic carbocycles. The predicted octanol–water partition coefficient (Wildman–Crippen LogP) is 23.7. The molecule has 4 aromatic heterocycles. The monoisotopic (exact) mass is 1760 g/mol. The van der Waals surface area contributed by atoms with Crippen molar-refractivity contribution in [3.63, 3.8) is 0 Å². The van der Waals surface area contributed by atoms with Crippen LogP contribution in [0.15, 0.2) is 133 Å². The number of nitrogens with zero attached hydrogens (tertiary/aromatic N) is 4. The Labute approximate surface area is 765 Å². The van der Waals surface area contributed by atoms with Crippen LogP contribution in [0, 0.1) is 120 Å². The molecule has 19 heteroatoms. The number of hydrogen-bond donors (Lipinski definition) is 1. The zero-order chi connectivity index (χ0) is 89.4. The molecule has 4 aliphatic heterocycles. The molecule has 4 aromatic rings. The number of hydrogen-bond acceptors (Lipinski definition) is 17. The van der Waals surface area contributed by atoms with Gasteiger partial charge in [0.2, 0.25) is 0 Å². The Hall–Kier alpha value is -6.03. The van der Waals surface area contributed by atoms with Gasteiger partial charge in [0, 0.05) is 102 Å². The molecule has 128 heavy (non-hydrogen) atoms. The molecule has 4 saturated heterocycles. The second-order valence-electron chi connectivity index (χ2n) is 45.1. The van der Waals surface area contributed by atoms with E-state index in [0.29, 0.717) is 121 Å². The lowest BCUT2D eigenvalue weighted by molar-refractivity contribution is -0.316. The number of anilines is 1. The van der Waals surface area contributed by atoms with E-state index in [4.69, 9.17) is 62.6 Å². The lowest BCUT2D eigenvalue weighted by Gasteiger charge is -2.63. The van der Waals surface area contributed by atoms with Gasteiger partial charge in [-0.25, -0.2) is 4.39 Å². The molecule has 12 saturated carbocycles. The standard InChI is InChI=1S/C28H41NO4.C27H38FNO3.C27H40N2O3.C27H39NO3/c1-19-9-10-23-27(2,22(19)13-16-31-21-12-15-29(4)25(30)17-21)14-11-24-28(23,3)18-32-26(33-24)20-7-5-6-8-20;2*1-18-8-9-23-26(2,20(18)12-15-30-22-11-14-29-16-21(22)28)13-10-24-27(23,3)17-31-25(32-24)19-6-4-5-7-19;1-19-8-9-23-26(2,22(19)13-17-29-21-11-15-28-16-12-21)14-10-24-27(23,3)18-30-25(31-24)20-6-4-5-7-20/h12,15,17,20,22-24,26H,1,5-11,13-14,16,18H2,2-4H3;11,14,16,19-20,23-25H,1,4-10,12-13,15,17H2,2-3H3;11,14,16,19-20,23-25H,1,4-10,12-13,15,17,28H2,2-3H3;11-12,15-16,20,22-25H,1,4-10,13-14,17-18H2,2-3H3/t22-,23?,24-,26-,27+,28+;2*20-,23?,24-,25-,26+,27+;22-,23?,24-,25-,26+,27+/m1111/s1. The van der Waals surface area contributed by atoms with Gasteiger partial charge in [0.1, 0.15) is 17.2 Å². The first-order chi connectivity index (χ1) is 61.6. The molecule has 18 nitrogen and oxygen atoms in total. The van der Waals surface area contributed by atoms with Gasteiger partial charge in [0.25, 0.3) is 5.56 Å². The number of aryl methyl sites for hydroxylation is 1. The number of allylic oxidation sites excluding steroid dienone is 4. The summed E-state index contributed by atoms with van der Waals surface area (Å²) in [5, 5.41) is 0. The molecule has 24 atom stereocenters. The minimum atomic E-state index is -0.402. The third-order valence-corrected chi connectivity index (χ3v) is 37.8. The Morgan fingerprint density at radius 3 is 1.02 bits per heavy atom. The van der Waals surface area contributed by atoms with Crippen LogP contribution in [0.3, 0.4) is 0 Å². The third kappa shape index (κ3) is 18.7. The third-order valence-electron chi connectivity index (χ3n) is 37.8. The summed E-state index contributed by atoms with van der Waals surface area (Å²) >= 11 is 0. The Morgan fingerprint density at radius 1 is 0.391 bits per heavy atom. The highest BCUT2D eigenvalue weighted by molar-refractivity contribution is 5.49. The Bertz CT molecular complexity index is 4370. The molecule has 0 radical (unpaired) electrons. The lowest BCUT2D eigenvalue weighted by atomic mass is 9.46. The van der Waals surface area contributed by atoms with E-state index in [-0.39, 0.29) is 85.9 Å². The van der Waals surface area contributed by atoms with Crippen LogP contribution in [0.1, 0.15) is 287 Å². The molecule has 16 aliphatic rings. The van der Waals surface area contributed by atoms with E-state index in [1.807, 2.05) is 24.3 Å². The highest BCUT2D eigenvalue weighted by Gasteiger charge is 2.66. The number of fused-ring (bicyclic) bond motifs is 12. The summed E-state index contributed by atoms with van der Waals surface area (Å²) in [5.74, 6) is 8.59. The van der Waals surface area contributed by atoms with E-state index in [0.717, 1.165) is 134 Å². The van der Waals surface area contributed by atoms with E-state index in [1.165, 1.54) is 170 Å². The second-order valence-corrected chi connectivity index (χ2v) is 45.1. The number of aromatic nitrogens is 4. The van der Waals surface area contributed by atoms with Crippen molar-refractivity contribution in [2.24, 2.45) is 121 Å². The highest BCUT2D eigenvalue weighted by Crippen LogP contribution is 2.69. The maximum absolute atomic E-state index is 13.9. The van der Waals surface area contributed by atoms with Crippen molar-refractivity contribution in [3.05, 3.63) is 145 Å². The smallest absolute Gasteiger partial charge is 0.253 e. The first-order valence-corrected chi connectivity index (χ1v) is 50.8. The average Bonchev–Trinajstić information content (AvgIpc) is 0.774. The minimum absolute atomic E-state index is 0.00191. The fourth-order valence-electron chi connectivity index (χ4n) is 30.7. The summed E-state index contributed by atoms with van der Waals surface area (Å²) in [4.78, 5) is 23.9. The molecule has 8 heterocycles. The maximum atomic E-state index is 13.9. The number of rotatable bonds is 20. The van der Waals surface area contributed by atoms with E-state index in [1.54, 1.807) is 60.9 Å². The number of nitrogens with two attached hydrogens (primary N) is 1. The number of nitrogen functional groups attached to an aromatic ring is 1. The maximum Gasteiger partial charge on any atom is 0.253 e. The van der Waals surface area contributed by atoms with E-state index < -0.39 is 5.82 Å². The molecule has 0 spiro atoms. The van der Waals surface area contributed by atoms with Crippen LogP contribution in [-0.2, 0) is 44.9 Å². The van der Waals surface area contributed by atoms with Gasteiger partial charge in [0.15, 0.2) is 36.7 Å². The fraction of sp³-hybridized carbons (Fsp3) is 0.743. The van der Waals surface area contributed by atoms with E-state index in [9.17, 15) is 9.18 Å². The lowest BCUT2D eigenvalue weighted by Crippen LogP contribution is -2.62. The summed E-state index contributed by atoms with van der Waals surface area (Å²) in [6.45, 7) is 43.4. The Balaban J connectivity index is 0.000000120. The van der Waals surface area contributed by atoms with Crippen molar-refractivity contribution < 1.29 is 61.2 Å². The summed E-state index contributed by atoms with van der Waals surface area (Å²) in [5.41, 5.74) is 13.1. The zero-order valence-corrected chi connectivity index (χ0v) is 79.5. The molecule has 704 valence electrons. The van der Waals surface area contributed by atoms with Crippen molar-refractivity contribution in [2.45, 2.75) is 336 Å². The van der Waals surface area contributed by atoms with Crippen LogP contribution >= 0.6 is 0 Å². The molecule has 2 N–H and O–H groups in total. The van der Waals surface area contributed by atoms with Crippen molar-refractivity contribution >= 4 is 5.69 Å². The molecule has 4 unspecified atom stereocenters. The van der Waals surface area contributed by atoms with Crippen LogP contribution in [0.25, 0.3) is 0 Å². The summed E-state index contributed by atoms with van der Waals surface area (Å²) < 4.78 is 92.0. The Kier molecular flexibility index (Phi) is 28.9. The van der Waals surface area contributed by atoms with Gasteiger partial charge >= 0.3 is 0 Å². The van der Waals surface area contributed by atoms with Crippen molar-refractivity contribution in [3.8, 4) is 23.0 Å². The Morgan fingerprint density at radius 2 is 0.695 bits per heavy atom. The van der Waals surface area contributed by atoms with Crippen molar-refractivity contribution in [2.75, 3.05) is 58.6 Å². The van der Waals surface area contributed by atoms with Crippen LogP contribution in [0.5, 0.6) is 23.0 Å². The van der Waals surface area contributed by atoms with Crippen LogP contribution in [0.4, 0.5) is 10.1 Å². The zero-order valence-electron chi connectivity index (χ0n) is 79.5. The predicted molar refractivity (Wildman–Crippen MR) is 499 cm³/mol. The average molecular weight is 1770 g/mol. The topological polar surface area (TPSA) is 197 Å². The first-order valence-electron chi connectivity index (χ1n) is 50.8. The van der Waals surface area contributed by atoms with Gasteiger partial charge in [-0.05, 0) is 267 Å². The highest BCUT2D eigenvalue weighted by atomic mass is 19.1. The van der Waals surface area contributed by atoms with Crippen molar-refractivity contribution in [1.82, 2.24) is 19.5 Å². The number of halogens is 1. The number of ether oxygens (including phenoxy) is 12. The quantitative estimate of drug-likeness (QED) is 0.0819. The van der Waals surface area contributed by atoms with Gasteiger partial charge in [-0.1, -0.05) is 155 Å². The van der Waals surface area contributed by atoms with Gasteiger partial charge < -0.3 is 67.1 Å². The summed E-state index contributed by atoms with van der Waals surface area (Å²) in [6.07, 6.45) is 55.5. The van der Waals surface area contributed by atoms with E-state index >= 15 is 0 Å². The normalized spacial score (nSPS) is 40.0. The molecular weight excluding hydrogens is 1610 g/mol. The molecular formula is C109H158FN5O13.